The van der Waals surface area contributed by atoms with Gasteiger partial charge in [-0.15, -0.1) is 0 Å². The Morgan fingerprint density at radius 1 is 0.821 bits per heavy atom. The Labute approximate surface area is 166 Å². The van der Waals surface area contributed by atoms with Gasteiger partial charge in [0, 0.05) is 25.5 Å². The van der Waals surface area contributed by atoms with Crippen LogP contribution in [-0.4, -0.2) is 29.0 Å². The summed E-state index contributed by atoms with van der Waals surface area (Å²) in [5.41, 5.74) is 3.51. The number of carbonyl (C=O) groups excluding carboxylic acids is 1. The highest BCUT2D eigenvalue weighted by Gasteiger charge is 2.03. The molecule has 0 spiro atoms. The van der Waals surface area contributed by atoms with Crippen LogP contribution in [-0.2, 0) is 11.2 Å². The van der Waals surface area contributed by atoms with Crippen LogP contribution < -0.4 is 10.6 Å². The number of hydrogen-bond donors (Lipinski definition) is 2. The van der Waals surface area contributed by atoms with Crippen LogP contribution in [0.25, 0.3) is 11.1 Å². The van der Waals surface area contributed by atoms with Crippen molar-refractivity contribution in [1.29, 1.82) is 0 Å². The maximum absolute atomic E-state index is 12.0. The van der Waals surface area contributed by atoms with Crippen LogP contribution in [0.5, 0.6) is 0 Å². The molecule has 0 bridgehead atoms. The van der Waals surface area contributed by atoms with Gasteiger partial charge in [0.15, 0.2) is 0 Å². The van der Waals surface area contributed by atoms with Crippen molar-refractivity contribution in [2.75, 3.05) is 18.4 Å². The number of aromatic nitrogens is 2. The van der Waals surface area contributed by atoms with Gasteiger partial charge in [0.25, 0.3) is 0 Å². The van der Waals surface area contributed by atoms with Crippen molar-refractivity contribution < 1.29 is 4.79 Å². The largest absolute Gasteiger partial charge is 0.356 e. The summed E-state index contributed by atoms with van der Waals surface area (Å²) in [6.45, 7) is 1.46. The van der Waals surface area contributed by atoms with Gasteiger partial charge in [-0.1, -0.05) is 54.6 Å². The van der Waals surface area contributed by atoms with Crippen LogP contribution in [0.3, 0.4) is 0 Å². The molecular weight excluding hydrogens is 348 g/mol. The van der Waals surface area contributed by atoms with Crippen molar-refractivity contribution in [1.82, 2.24) is 15.3 Å². The Kier molecular flexibility index (Phi) is 7.56. The van der Waals surface area contributed by atoms with Gasteiger partial charge in [-0.2, -0.15) is 0 Å². The van der Waals surface area contributed by atoms with Crippen LogP contribution in [0.2, 0.25) is 0 Å². The quantitative estimate of drug-likeness (QED) is 0.529. The second-order valence-corrected chi connectivity index (χ2v) is 6.47. The molecule has 3 aromatic rings. The van der Waals surface area contributed by atoms with Crippen LogP contribution in [0.15, 0.2) is 73.1 Å². The Bertz CT molecular complexity index is 835. The van der Waals surface area contributed by atoms with E-state index in [2.05, 4.69) is 57.0 Å². The zero-order chi connectivity index (χ0) is 19.4. The van der Waals surface area contributed by atoms with Crippen molar-refractivity contribution in [2.45, 2.75) is 19.3 Å². The third-order valence-electron chi connectivity index (χ3n) is 4.34. The molecule has 2 N–H and O–H groups in total. The van der Waals surface area contributed by atoms with E-state index in [1.807, 2.05) is 18.2 Å². The van der Waals surface area contributed by atoms with E-state index < -0.39 is 0 Å². The average molecular weight is 373 g/mol. The van der Waals surface area contributed by atoms with E-state index in [0.717, 1.165) is 24.9 Å². The Morgan fingerprint density at radius 3 is 2.25 bits per heavy atom. The molecule has 0 atom stereocenters. The fraction of sp³-hybridized carbons (Fsp3) is 0.217. The van der Waals surface area contributed by atoms with Crippen LogP contribution in [0.4, 0.5) is 5.95 Å². The fourth-order valence-electron chi connectivity index (χ4n) is 2.80. The molecule has 5 nitrogen and oxygen atoms in total. The molecule has 1 amide bonds. The van der Waals surface area contributed by atoms with E-state index in [0.29, 0.717) is 18.9 Å². The summed E-state index contributed by atoms with van der Waals surface area (Å²) in [7, 11) is 0. The van der Waals surface area contributed by atoms with Gasteiger partial charge in [-0.3, -0.25) is 4.79 Å². The van der Waals surface area contributed by atoms with Crippen molar-refractivity contribution in [3.8, 4) is 11.1 Å². The highest BCUT2D eigenvalue weighted by Crippen LogP contribution is 2.19. The first-order valence-electron chi connectivity index (χ1n) is 9.57. The summed E-state index contributed by atoms with van der Waals surface area (Å²) in [4.78, 5) is 20.2. The number of amides is 1. The number of hydrogen-bond acceptors (Lipinski definition) is 4. The molecule has 1 heterocycles. The summed E-state index contributed by atoms with van der Waals surface area (Å²) in [6.07, 6.45) is 7.60. The lowest BCUT2D eigenvalue weighted by atomic mass is 10.0. The van der Waals surface area contributed by atoms with E-state index in [-0.39, 0.29) is 5.91 Å². The van der Waals surface area contributed by atoms with Crippen molar-refractivity contribution in [3.05, 3.63) is 85.0 Å². The monoisotopic (exact) mass is 373 g/mol. The first-order valence-corrected chi connectivity index (χ1v) is 9.57. The number of rotatable bonds is 10. The molecule has 0 unspecified atom stereocenters. The predicted octanol–water partition coefficient (Wildman–Crippen LogP) is 3.90. The topological polar surface area (TPSA) is 66.9 Å². The molecule has 0 aliphatic heterocycles. The summed E-state index contributed by atoms with van der Waals surface area (Å²) in [5, 5.41) is 6.09. The number of nitrogens with one attached hydrogen (secondary N) is 2. The maximum atomic E-state index is 12.0. The van der Waals surface area contributed by atoms with Crippen molar-refractivity contribution >= 4 is 11.9 Å². The Morgan fingerprint density at radius 2 is 1.50 bits per heavy atom. The standard InChI is InChI=1S/C23H25N4O/c28-22(24-15-4-5-16-25-23-26-17-6-18-27-23)14-11-19-9-12-21(13-10-19)20-7-2-1-3-8-20/h1-3,6-10,12-14,17-18H,4-5,11,15-16H2,(H,24,28)(H,25,26,27). The minimum atomic E-state index is -0.0218. The van der Waals surface area contributed by atoms with E-state index in [4.69, 9.17) is 0 Å². The van der Waals surface area contributed by atoms with Crippen LogP contribution >= 0.6 is 0 Å². The van der Waals surface area contributed by atoms with Gasteiger partial charge in [0.1, 0.15) is 0 Å². The minimum absolute atomic E-state index is 0.0218. The Hall–Kier alpha value is -3.21. The smallest absolute Gasteiger partial charge is 0.224 e. The molecule has 0 saturated heterocycles. The van der Waals surface area contributed by atoms with Crippen LogP contribution in [0.1, 0.15) is 18.4 Å². The molecule has 5 heteroatoms. The van der Waals surface area contributed by atoms with Gasteiger partial charge >= 0.3 is 0 Å². The molecule has 2 aromatic carbocycles. The van der Waals surface area contributed by atoms with E-state index >= 15 is 0 Å². The van der Waals surface area contributed by atoms with E-state index in [9.17, 15) is 4.79 Å². The highest BCUT2D eigenvalue weighted by atomic mass is 16.1. The summed E-state index contributed by atoms with van der Waals surface area (Å²) in [5.74, 6) is 0.615. The lowest BCUT2D eigenvalue weighted by molar-refractivity contribution is -0.117. The fourth-order valence-corrected chi connectivity index (χ4v) is 2.80. The normalized spacial score (nSPS) is 10.4. The van der Waals surface area contributed by atoms with E-state index in [1.54, 1.807) is 24.9 Å². The molecule has 0 fully saturated rings. The van der Waals surface area contributed by atoms with Gasteiger partial charge < -0.3 is 10.6 Å². The summed E-state index contributed by atoms with van der Waals surface area (Å²) >= 11 is 0. The van der Waals surface area contributed by atoms with Gasteiger partial charge in [-0.25, -0.2) is 9.97 Å². The van der Waals surface area contributed by atoms with Crippen molar-refractivity contribution in [3.63, 3.8) is 0 Å². The van der Waals surface area contributed by atoms with Crippen LogP contribution in [0, 0.1) is 6.42 Å². The molecule has 28 heavy (non-hydrogen) atoms. The average Bonchev–Trinajstić information content (AvgIpc) is 2.76. The first-order chi connectivity index (χ1) is 13.8. The summed E-state index contributed by atoms with van der Waals surface area (Å²) < 4.78 is 0. The minimum Gasteiger partial charge on any atom is -0.356 e. The number of benzene rings is 2. The second-order valence-electron chi connectivity index (χ2n) is 6.47. The summed E-state index contributed by atoms with van der Waals surface area (Å²) in [6, 6.07) is 20.4. The van der Waals surface area contributed by atoms with Gasteiger partial charge in [-0.05, 0) is 42.0 Å². The number of unbranched alkanes of at least 4 members (excludes halogenated alkanes) is 1. The SMILES string of the molecule is O=C([CH]Cc1ccc(-c2ccccc2)cc1)NCCCCNc1ncccn1. The molecule has 143 valence electrons. The lowest BCUT2D eigenvalue weighted by Gasteiger charge is -2.07. The third kappa shape index (κ3) is 6.50. The third-order valence-corrected chi connectivity index (χ3v) is 4.34. The predicted molar refractivity (Wildman–Crippen MR) is 113 cm³/mol. The van der Waals surface area contributed by atoms with Crippen molar-refractivity contribution in [2.24, 2.45) is 0 Å². The molecule has 0 saturated carbocycles. The molecule has 1 radical (unpaired) electrons. The van der Waals surface area contributed by atoms with Gasteiger partial charge in [0.2, 0.25) is 11.9 Å². The first kappa shape index (κ1) is 19.5. The Balaban J connectivity index is 1.29. The molecule has 1 aromatic heterocycles. The zero-order valence-electron chi connectivity index (χ0n) is 15.8. The lowest BCUT2D eigenvalue weighted by Crippen LogP contribution is -2.25. The second kappa shape index (κ2) is 10.8. The maximum Gasteiger partial charge on any atom is 0.224 e. The highest BCUT2D eigenvalue weighted by molar-refractivity contribution is 5.84. The molecule has 0 aliphatic carbocycles. The van der Waals surface area contributed by atoms with E-state index in [1.165, 1.54) is 11.1 Å². The number of anilines is 1. The molecule has 0 aliphatic rings. The number of carbonyl (C=O) groups is 1. The molecule has 3 rings (SSSR count). The number of nitrogens with zero attached hydrogens (tertiary/aromatic N) is 2. The molecular formula is C23H25N4O. The van der Waals surface area contributed by atoms with Gasteiger partial charge in [0.05, 0.1) is 6.42 Å². The zero-order valence-corrected chi connectivity index (χ0v) is 15.8.